The molecule has 17 heavy (non-hydrogen) atoms. The van der Waals surface area contributed by atoms with E-state index >= 15 is 0 Å². The molecule has 106 valence electrons. The molecule has 0 spiro atoms. The van der Waals surface area contributed by atoms with Crippen LogP contribution in [0.5, 0.6) is 0 Å². The van der Waals surface area contributed by atoms with Gasteiger partial charge in [-0.3, -0.25) is 0 Å². The van der Waals surface area contributed by atoms with Gasteiger partial charge >= 0.3 is 0 Å². The van der Waals surface area contributed by atoms with Gasteiger partial charge in [0.05, 0.1) is 5.66 Å². The summed E-state index contributed by atoms with van der Waals surface area (Å²) >= 11 is 0. The second-order valence-corrected chi connectivity index (χ2v) is 3.27. The van der Waals surface area contributed by atoms with Crippen LogP contribution < -0.4 is 11.5 Å². The second-order valence-electron chi connectivity index (χ2n) is 3.27. The minimum absolute atomic E-state index is 0. The van der Waals surface area contributed by atoms with Gasteiger partial charge in [-0.05, 0) is 12.8 Å². The van der Waals surface area contributed by atoms with Crippen molar-refractivity contribution in [2.45, 2.75) is 37.8 Å². The van der Waals surface area contributed by atoms with Crippen LogP contribution >= 0.6 is 0 Å². The summed E-state index contributed by atoms with van der Waals surface area (Å²) in [5, 5.41) is 27.3. The first-order valence-electron chi connectivity index (χ1n) is 4.41. The van der Waals surface area contributed by atoms with E-state index in [0.29, 0.717) is 0 Å². The fraction of sp³-hybridized carbons (Fsp3) is 1.00. The zero-order valence-electron chi connectivity index (χ0n) is 8.93. The fourth-order valence-electron chi connectivity index (χ4n) is 1.21. The summed E-state index contributed by atoms with van der Waals surface area (Å²) in [6.07, 6.45) is 5.76. The van der Waals surface area contributed by atoms with Gasteiger partial charge in [-0.15, -0.1) is 20.2 Å². The second kappa shape index (κ2) is 11.5. The Morgan fingerprint density at radius 2 is 1.18 bits per heavy atom. The molecule has 10 nitrogen and oxygen atoms in total. The van der Waals surface area contributed by atoms with Gasteiger partial charge in [0.1, 0.15) is 0 Å². The predicted octanol–water partition coefficient (Wildman–Crippen LogP) is -0.134. The van der Waals surface area contributed by atoms with Crippen molar-refractivity contribution in [3.05, 3.63) is 20.2 Å². The molecule has 0 aromatic rings. The molecule has 0 aliphatic heterocycles. The van der Waals surface area contributed by atoms with Crippen LogP contribution in [0.4, 0.5) is 0 Å². The van der Waals surface area contributed by atoms with Gasteiger partial charge in [0.15, 0.2) is 0 Å². The number of nitrogens with two attached hydrogens (primary N) is 2. The molecular weight excluding hydrogens is 419 g/mol. The standard InChI is InChI=1S/C6H14N2.2HNO3.Pt/c7-6(8)4-2-1-3-5-6;2*2-1(3)4;/h1-5,7-8H2;2*(H,2,3,4);. The van der Waals surface area contributed by atoms with Crippen molar-refractivity contribution in [3.8, 4) is 0 Å². The summed E-state index contributed by atoms with van der Waals surface area (Å²) < 4.78 is 0. The fourth-order valence-corrected chi connectivity index (χ4v) is 1.21. The Morgan fingerprint density at radius 3 is 1.29 bits per heavy atom. The first kappa shape index (κ1) is 21.3. The monoisotopic (exact) mass is 435 g/mol. The SMILES string of the molecule is NC1(N)CCCCC1.O=[N+]([O-])O.O=[N+]([O-])O.[Pt]. The molecule has 1 aliphatic carbocycles. The maximum Gasteiger partial charge on any atom is 0.291 e. The summed E-state index contributed by atoms with van der Waals surface area (Å²) in [7, 11) is 0. The van der Waals surface area contributed by atoms with Crippen molar-refractivity contribution in [2.24, 2.45) is 11.5 Å². The molecule has 1 aliphatic rings. The molecule has 1 fully saturated rings. The van der Waals surface area contributed by atoms with Crippen molar-refractivity contribution >= 4 is 0 Å². The molecule has 0 heterocycles. The first-order chi connectivity index (χ1) is 7.17. The van der Waals surface area contributed by atoms with Crippen LogP contribution in [0.15, 0.2) is 0 Å². The van der Waals surface area contributed by atoms with Gasteiger partial charge in [-0.25, -0.2) is 0 Å². The molecule has 6 N–H and O–H groups in total. The number of hydrogen-bond donors (Lipinski definition) is 4. The number of rotatable bonds is 0. The third kappa shape index (κ3) is 31.3. The van der Waals surface area contributed by atoms with Crippen LogP contribution in [0.1, 0.15) is 32.1 Å². The molecule has 0 amide bonds. The molecule has 1 saturated carbocycles. The van der Waals surface area contributed by atoms with Crippen LogP contribution in [0.2, 0.25) is 0 Å². The van der Waals surface area contributed by atoms with E-state index in [1.165, 1.54) is 19.3 Å². The maximum absolute atomic E-state index is 8.36. The summed E-state index contributed by atoms with van der Waals surface area (Å²) in [6, 6.07) is 0. The molecule has 1 rings (SSSR count). The molecule has 0 atom stereocenters. The molecule has 0 unspecified atom stereocenters. The number of nitrogens with zero attached hydrogens (tertiary/aromatic N) is 2. The number of hydrogen-bond acceptors (Lipinski definition) is 6. The maximum atomic E-state index is 8.36. The van der Waals surface area contributed by atoms with Gasteiger partial charge in [0.25, 0.3) is 10.2 Å². The van der Waals surface area contributed by atoms with Crippen LogP contribution in [0.25, 0.3) is 0 Å². The van der Waals surface area contributed by atoms with Gasteiger partial charge in [0, 0.05) is 21.1 Å². The Kier molecular flexibility index (Phi) is 14.4. The topological polar surface area (TPSA) is 179 Å². The molecular formula is C6H16N4O6Pt. The summed E-state index contributed by atoms with van der Waals surface area (Å²) in [4.78, 5) is 16.7. The smallest absolute Gasteiger partial charge is 0.291 e. The van der Waals surface area contributed by atoms with Gasteiger partial charge in [0.2, 0.25) is 0 Å². The Morgan fingerprint density at radius 1 is 0.941 bits per heavy atom. The Bertz CT molecular complexity index is 199. The van der Waals surface area contributed by atoms with Crippen LogP contribution in [0.3, 0.4) is 0 Å². The molecule has 0 saturated heterocycles. The minimum Gasteiger partial charge on any atom is -0.328 e. The van der Waals surface area contributed by atoms with Crippen LogP contribution in [-0.4, -0.2) is 26.3 Å². The van der Waals surface area contributed by atoms with E-state index in [2.05, 4.69) is 0 Å². The summed E-state index contributed by atoms with van der Waals surface area (Å²) in [6.45, 7) is 0. The normalized spacial score (nSPS) is 15.9. The van der Waals surface area contributed by atoms with Crippen molar-refractivity contribution in [2.75, 3.05) is 0 Å². The van der Waals surface area contributed by atoms with Gasteiger partial charge in [-0.2, -0.15) is 0 Å². The van der Waals surface area contributed by atoms with E-state index in [-0.39, 0.29) is 26.7 Å². The predicted molar refractivity (Wildman–Crippen MR) is 51.8 cm³/mol. The van der Waals surface area contributed by atoms with Gasteiger partial charge < -0.3 is 21.9 Å². The Labute approximate surface area is 111 Å². The van der Waals surface area contributed by atoms with Crippen LogP contribution in [-0.2, 0) is 21.1 Å². The molecule has 0 bridgehead atoms. The van der Waals surface area contributed by atoms with Crippen LogP contribution in [0, 0.1) is 20.2 Å². The minimum atomic E-state index is -1.50. The van der Waals surface area contributed by atoms with Crippen molar-refractivity contribution in [3.63, 3.8) is 0 Å². The molecule has 11 heteroatoms. The molecule has 0 aromatic carbocycles. The Balaban J connectivity index is -0.000000189. The van der Waals surface area contributed by atoms with E-state index in [0.717, 1.165) is 12.8 Å². The van der Waals surface area contributed by atoms with Crippen molar-refractivity contribution < 1.29 is 41.7 Å². The summed E-state index contributed by atoms with van der Waals surface area (Å²) in [5.74, 6) is 0. The van der Waals surface area contributed by atoms with E-state index in [1.54, 1.807) is 0 Å². The van der Waals surface area contributed by atoms with Crippen molar-refractivity contribution in [1.82, 2.24) is 0 Å². The average Bonchev–Trinajstić information content (AvgIpc) is 2.00. The van der Waals surface area contributed by atoms with E-state index in [4.69, 9.17) is 42.1 Å². The van der Waals surface area contributed by atoms with E-state index in [1.807, 2.05) is 0 Å². The van der Waals surface area contributed by atoms with E-state index < -0.39 is 10.2 Å². The largest absolute Gasteiger partial charge is 0.328 e. The first-order valence-corrected chi connectivity index (χ1v) is 4.41. The third-order valence-corrected chi connectivity index (χ3v) is 1.78. The molecule has 0 aromatic heterocycles. The van der Waals surface area contributed by atoms with E-state index in [9.17, 15) is 0 Å². The molecule has 0 radical (unpaired) electrons. The van der Waals surface area contributed by atoms with Gasteiger partial charge in [-0.1, -0.05) is 19.3 Å². The average molecular weight is 435 g/mol. The third-order valence-electron chi connectivity index (χ3n) is 1.78. The van der Waals surface area contributed by atoms with Crippen molar-refractivity contribution in [1.29, 1.82) is 0 Å². The Hall–Kier alpha value is -0.992. The quantitative estimate of drug-likeness (QED) is 0.231. The summed E-state index contributed by atoms with van der Waals surface area (Å²) in [5.41, 5.74) is 11.0. The zero-order chi connectivity index (χ0) is 13.2. The zero-order valence-corrected chi connectivity index (χ0v) is 11.2.